The fraction of sp³-hybridized carbons (Fsp3) is 0.250. The summed E-state index contributed by atoms with van der Waals surface area (Å²) in [4.78, 5) is 18.4. The topological polar surface area (TPSA) is 68.5 Å². The first-order valence-electron chi connectivity index (χ1n) is 10.4. The second-order valence-corrected chi connectivity index (χ2v) is 7.87. The lowest BCUT2D eigenvalue weighted by molar-refractivity contribution is 0.613. The second kappa shape index (κ2) is 7.71. The highest BCUT2D eigenvalue weighted by Gasteiger charge is 2.16. The molecule has 0 spiro atoms. The normalized spacial score (nSPS) is 12.6. The third kappa shape index (κ3) is 3.45. The van der Waals surface area contributed by atoms with Gasteiger partial charge in [-0.3, -0.25) is 4.98 Å². The minimum absolute atomic E-state index is 0.263. The first-order valence-corrected chi connectivity index (χ1v) is 10.4. The van der Waals surface area contributed by atoms with Crippen molar-refractivity contribution < 1.29 is 0 Å². The summed E-state index contributed by atoms with van der Waals surface area (Å²) in [5, 5.41) is 3.50. The summed E-state index contributed by atoms with van der Waals surface area (Å²) in [5.41, 5.74) is 6.59. The fourth-order valence-electron chi connectivity index (χ4n) is 3.82. The van der Waals surface area contributed by atoms with Gasteiger partial charge in [0.05, 0.1) is 6.33 Å². The monoisotopic (exact) mass is 396 g/mol. The van der Waals surface area contributed by atoms with Crippen molar-refractivity contribution in [2.45, 2.75) is 32.7 Å². The molecule has 0 bridgehead atoms. The van der Waals surface area contributed by atoms with Crippen LogP contribution < -0.4 is 5.32 Å². The average molecular weight is 396 g/mol. The maximum atomic E-state index is 4.79. The van der Waals surface area contributed by atoms with Crippen LogP contribution in [0.3, 0.4) is 0 Å². The van der Waals surface area contributed by atoms with E-state index in [1.165, 1.54) is 16.7 Å². The molecule has 0 fully saturated rings. The Bertz CT molecular complexity index is 1220. The van der Waals surface area contributed by atoms with Crippen molar-refractivity contribution in [3.63, 3.8) is 0 Å². The van der Waals surface area contributed by atoms with E-state index >= 15 is 0 Å². The number of benzene rings is 1. The molecular formula is C24H24N6. The number of imidazole rings is 1. The highest BCUT2D eigenvalue weighted by atomic mass is 15.2. The highest BCUT2D eigenvalue weighted by Crippen LogP contribution is 2.26. The number of pyridine rings is 1. The van der Waals surface area contributed by atoms with Gasteiger partial charge >= 0.3 is 0 Å². The molecule has 0 saturated heterocycles. The zero-order valence-corrected chi connectivity index (χ0v) is 17.2. The van der Waals surface area contributed by atoms with Gasteiger partial charge in [-0.2, -0.15) is 0 Å². The molecule has 5 rings (SSSR count). The lowest BCUT2D eigenvalue weighted by Crippen LogP contribution is -2.09. The van der Waals surface area contributed by atoms with Crippen LogP contribution in [0.15, 0.2) is 55.1 Å². The summed E-state index contributed by atoms with van der Waals surface area (Å²) in [7, 11) is 0. The van der Waals surface area contributed by atoms with Crippen molar-refractivity contribution in [2.75, 3.05) is 11.9 Å². The van der Waals surface area contributed by atoms with Gasteiger partial charge in [0.2, 0.25) is 0 Å². The number of hydrogen-bond acceptors (Lipinski definition) is 5. The Labute approximate surface area is 175 Å². The Balaban J connectivity index is 1.44. The molecule has 30 heavy (non-hydrogen) atoms. The van der Waals surface area contributed by atoms with E-state index < -0.39 is 0 Å². The standard InChI is InChI=1S/C24H24N6/c1-16(2)30-15-27-21-23(28-22(29-24(21)30)20-7-4-11-25-14-20)26-12-10-17-8-9-18-5-3-6-19(18)13-17/h3-4,6-9,11,13-16H,5,10,12H2,1-2H3,(H,26,28,29). The molecule has 0 atom stereocenters. The maximum Gasteiger partial charge on any atom is 0.166 e. The van der Waals surface area contributed by atoms with Crippen molar-refractivity contribution in [1.82, 2.24) is 24.5 Å². The minimum Gasteiger partial charge on any atom is -0.368 e. The average Bonchev–Trinajstić information content (AvgIpc) is 3.41. The number of anilines is 1. The van der Waals surface area contributed by atoms with Crippen LogP contribution in [0.4, 0.5) is 5.82 Å². The van der Waals surface area contributed by atoms with Gasteiger partial charge < -0.3 is 9.88 Å². The summed E-state index contributed by atoms with van der Waals surface area (Å²) in [5.74, 6) is 1.42. The Morgan fingerprint density at radius 2 is 2.10 bits per heavy atom. The van der Waals surface area contributed by atoms with E-state index in [2.05, 4.69) is 64.1 Å². The molecule has 1 aliphatic carbocycles. The molecule has 1 aromatic carbocycles. The number of aromatic nitrogens is 5. The Hall–Kier alpha value is -3.54. The summed E-state index contributed by atoms with van der Waals surface area (Å²) in [6.07, 6.45) is 11.8. The molecule has 6 heteroatoms. The molecule has 0 aliphatic heterocycles. The predicted octanol–water partition coefficient (Wildman–Crippen LogP) is 4.69. The molecule has 1 aliphatic rings. The van der Waals surface area contributed by atoms with Crippen LogP contribution in [-0.2, 0) is 12.8 Å². The van der Waals surface area contributed by atoms with E-state index in [4.69, 9.17) is 9.97 Å². The summed E-state index contributed by atoms with van der Waals surface area (Å²) >= 11 is 0. The smallest absolute Gasteiger partial charge is 0.166 e. The van der Waals surface area contributed by atoms with Gasteiger partial charge in [0, 0.05) is 30.5 Å². The van der Waals surface area contributed by atoms with E-state index in [9.17, 15) is 0 Å². The first-order chi connectivity index (χ1) is 14.7. The van der Waals surface area contributed by atoms with Crippen LogP contribution in [0.2, 0.25) is 0 Å². The van der Waals surface area contributed by atoms with Crippen LogP contribution in [0, 0.1) is 0 Å². The highest BCUT2D eigenvalue weighted by molar-refractivity contribution is 5.85. The number of hydrogen-bond donors (Lipinski definition) is 1. The molecule has 1 N–H and O–H groups in total. The molecule has 3 heterocycles. The summed E-state index contributed by atoms with van der Waals surface area (Å²) in [6.45, 7) is 5.03. The predicted molar refractivity (Wildman–Crippen MR) is 120 cm³/mol. The minimum atomic E-state index is 0.263. The summed E-state index contributed by atoms with van der Waals surface area (Å²) in [6, 6.07) is 10.9. The van der Waals surface area contributed by atoms with Crippen molar-refractivity contribution in [1.29, 1.82) is 0 Å². The Kier molecular flexibility index (Phi) is 4.75. The zero-order valence-electron chi connectivity index (χ0n) is 17.2. The van der Waals surface area contributed by atoms with E-state index in [1.807, 2.05) is 18.5 Å². The van der Waals surface area contributed by atoms with Crippen LogP contribution in [0.5, 0.6) is 0 Å². The van der Waals surface area contributed by atoms with Crippen LogP contribution in [0.25, 0.3) is 28.6 Å². The van der Waals surface area contributed by atoms with E-state index in [0.29, 0.717) is 5.82 Å². The molecule has 0 saturated carbocycles. The zero-order chi connectivity index (χ0) is 20.5. The SMILES string of the molecule is CC(C)n1cnc2c(NCCc3ccc4c(c3)C=CC4)nc(-c3cccnc3)nc21. The number of nitrogens with one attached hydrogen (secondary N) is 1. The van der Waals surface area contributed by atoms with E-state index in [1.54, 1.807) is 12.4 Å². The fourth-order valence-corrected chi connectivity index (χ4v) is 3.82. The van der Waals surface area contributed by atoms with Crippen LogP contribution in [-0.4, -0.2) is 31.0 Å². The number of fused-ring (bicyclic) bond motifs is 2. The molecule has 3 aromatic heterocycles. The molecule has 0 radical (unpaired) electrons. The molecule has 4 aromatic rings. The molecule has 0 amide bonds. The molecule has 150 valence electrons. The van der Waals surface area contributed by atoms with Gasteiger partial charge in [-0.15, -0.1) is 0 Å². The first kappa shape index (κ1) is 18.5. The summed E-state index contributed by atoms with van der Waals surface area (Å²) < 4.78 is 2.08. The van der Waals surface area contributed by atoms with Gasteiger partial charge in [-0.1, -0.05) is 30.4 Å². The third-order valence-corrected chi connectivity index (χ3v) is 5.45. The molecule has 6 nitrogen and oxygen atoms in total. The Morgan fingerprint density at radius 1 is 1.17 bits per heavy atom. The van der Waals surface area contributed by atoms with Crippen molar-refractivity contribution >= 4 is 23.1 Å². The van der Waals surface area contributed by atoms with Crippen LogP contribution in [0.1, 0.15) is 36.6 Å². The third-order valence-electron chi connectivity index (χ3n) is 5.45. The van der Waals surface area contributed by atoms with Gasteiger partial charge in [-0.05, 0) is 55.5 Å². The maximum absolute atomic E-state index is 4.79. The molecule has 0 unspecified atom stereocenters. The lowest BCUT2D eigenvalue weighted by Gasteiger charge is -2.11. The quantitative estimate of drug-likeness (QED) is 0.512. The van der Waals surface area contributed by atoms with Gasteiger partial charge in [0.1, 0.15) is 5.52 Å². The van der Waals surface area contributed by atoms with Gasteiger partial charge in [0.15, 0.2) is 17.3 Å². The number of nitrogens with zero attached hydrogens (tertiary/aromatic N) is 5. The van der Waals surface area contributed by atoms with Crippen molar-refractivity contribution in [3.05, 3.63) is 71.8 Å². The van der Waals surface area contributed by atoms with Gasteiger partial charge in [0.25, 0.3) is 0 Å². The largest absolute Gasteiger partial charge is 0.368 e. The van der Waals surface area contributed by atoms with Crippen molar-refractivity contribution in [2.24, 2.45) is 0 Å². The Morgan fingerprint density at radius 3 is 2.93 bits per heavy atom. The molecular weight excluding hydrogens is 372 g/mol. The van der Waals surface area contributed by atoms with E-state index in [0.717, 1.165) is 41.9 Å². The second-order valence-electron chi connectivity index (χ2n) is 7.87. The number of rotatable bonds is 6. The van der Waals surface area contributed by atoms with Crippen LogP contribution >= 0.6 is 0 Å². The number of allylic oxidation sites excluding steroid dienone is 1. The van der Waals surface area contributed by atoms with E-state index in [-0.39, 0.29) is 6.04 Å². The van der Waals surface area contributed by atoms with Crippen molar-refractivity contribution in [3.8, 4) is 11.4 Å². The van der Waals surface area contributed by atoms with Gasteiger partial charge in [-0.25, -0.2) is 15.0 Å². The lowest BCUT2D eigenvalue weighted by atomic mass is 10.0.